The summed E-state index contributed by atoms with van der Waals surface area (Å²) in [7, 11) is 0. The zero-order valence-corrected chi connectivity index (χ0v) is 8.70. The number of nitrogens with one attached hydrogen (secondary N) is 1. The van der Waals surface area contributed by atoms with E-state index in [1.807, 2.05) is 0 Å². The molecule has 0 aromatic rings. The Morgan fingerprint density at radius 1 is 1.33 bits per heavy atom. The minimum absolute atomic E-state index is 0.854. The van der Waals surface area contributed by atoms with Gasteiger partial charge in [-0.15, -0.1) is 0 Å². The van der Waals surface area contributed by atoms with Crippen LogP contribution in [0.4, 0.5) is 0 Å². The van der Waals surface area contributed by atoms with Crippen molar-refractivity contribution in [3.05, 3.63) is 0 Å². The monoisotopic (exact) mass is 185 g/mol. The van der Waals surface area contributed by atoms with Crippen LogP contribution < -0.4 is 5.32 Å². The molecule has 1 saturated carbocycles. The fourth-order valence-corrected chi connectivity index (χ4v) is 3.18. The van der Waals surface area contributed by atoms with Gasteiger partial charge in [-0.1, -0.05) is 13.3 Å². The molecule has 0 spiro atoms. The summed E-state index contributed by atoms with van der Waals surface area (Å²) in [6.45, 7) is 2.31. The van der Waals surface area contributed by atoms with E-state index in [1.165, 1.54) is 37.2 Å². The van der Waals surface area contributed by atoms with Crippen molar-refractivity contribution >= 4 is 11.8 Å². The number of thioether (sulfide) groups is 1. The Labute approximate surface area is 79.7 Å². The van der Waals surface area contributed by atoms with Gasteiger partial charge in [0.1, 0.15) is 0 Å². The summed E-state index contributed by atoms with van der Waals surface area (Å²) in [4.78, 5) is 0. The highest BCUT2D eigenvalue weighted by Crippen LogP contribution is 2.34. The lowest BCUT2D eigenvalue weighted by atomic mass is 10.1. The lowest BCUT2D eigenvalue weighted by molar-refractivity contribution is 0.464. The van der Waals surface area contributed by atoms with Crippen LogP contribution in [-0.2, 0) is 0 Å². The molecule has 2 unspecified atom stereocenters. The van der Waals surface area contributed by atoms with Gasteiger partial charge >= 0.3 is 0 Å². The van der Waals surface area contributed by atoms with Crippen LogP contribution in [0.15, 0.2) is 0 Å². The largest absolute Gasteiger partial charge is 0.311 e. The molecule has 1 N–H and O–H groups in total. The summed E-state index contributed by atoms with van der Waals surface area (Å²) in [5.74, 6) is 3.77. The van der Waals surface area contributed by atoms with Crippen LogP contribution in [-0.4, -0.2) is 23.6 Å². The van der Waals surface area contributed by atoms with Crippen molar-refractivity contribution in [1.29, 1.82) is 0 Å². The van der Waals surface area contributed by atoms with Gasteiger partial charge < -0.3 is 5.32 Å². The predicted molar refractivity (Wildman–Crippen MR) is 55.7 cm³/mol. The zero-order chi connectivity index (χ0) is 8.39. The smallest absolute Gasteiger partial charge is 0.0102 e. The van der Waals surface area contributed by atoms with Gasteiger partial charge in [0.15, 0.2) is 0 Å². The minimum Gasteiger partial charge on any atom is -0.311 e. The SMILES string of the molecule is CCC1CC1NC1CCSCC1. The predicted octanol–water partition coefficient (Wildman–Crippen LogP) is 2.27. The van der Waals surface area contributed by atoms with E-state index in [0.717, 1.165) is 18.0 Å². The van der Waals surface area contributed by atoms with E-state index in [1.54, 1.807) is 0 Å². The van der Waals surface area contributed by atoms with Crippen LogP contribution >= 0.6 is 11.8 Å². The van der Waals surface area contributed by atoms with Crippen molar-refractivity contribution < 1.29 is 0 Å². The molecule has 0 radical (unpaired) electrons. The Morgan fingerprint density at radius 2 is 2.08 bits per heavy atom. The second kappa shape index (κ2) is 4.01. The molecule has 0 aromatic carbocycles. The van der Waals surface area contributed by atoms with Crippen LogP contribution in [0.5, 0.6) is 0 Å². The first-order valence-electron chi connectivity index (χ1n) is 5.24. The van der Waals surface area contributed by atoms with E-state index in [0.29, 0.717) is 0 Å². The van der Waals surface area contributed by atoms with E-state index in [4.69, 9.17) is 0 Å². The van der Waals surface area contributed by atoms with Crippen LogP contribution in [0.2, 0.25) is 0 Å². The first-order chi connectivity index (χ1) is 5.90. The quantitative estimate of drug-likeness (QED) is 0.724. The van der Waals surface area contributed by atoms with Gasteiger partial charge in [-0.3, -0.25) is 0 Å². The van der Waals surface area contributed by atoms with Gasteiger partial charge in [0.2, 0.25) is 0 Å². The lowest BCUT2D eigenvalue weighted by Crippen LogP contribution is -2.34. The molecule has 2 rings (SSSR count). The molecule has 1 heterocycles. The van der Waals surface area contributed by atoms with Gasteiger partial charge in [-0.05, 0) is 36.7 Å². The Balaban J connectivity index is 1.66. The third-order valence-electron chi connectivity index (χ3n) is 3.12. The average molecular weight is 185 g/mol. The number of rotatable bonds is 3. The maximum absolute atomic E-state index is 3.78. The van der Waals surface area contributed by atoms with E-state index in [9.17, 15) is 0 Å². The van der Waals surface area contributed by atoms with Crippen molar-refractivity contribution in [2.24, 2.45) is 5.92 Å². The molecule has 2 atom stereocenters. The molecule has 0 amide bonds. The zero-order valence-electron chi connectivity index (χ0n) is 7.88. The Morgan fingerprint density at radius 3 is 2.67 bits per heavy atom. The lowest BCUT2D eigenvalue weighted by Gasteiger charge is -2.22. The molecule has 0 bridgehead atoms. The van der Waals surface area contributed by atoms with Gasteiger partial charge in [0.05, 0.1) is 0 Å². The van der Waals surface area contributed by atoms with Crippen LogP contribution in [0, 0.1) is 5.92 Å². The van der Waals surface area contributed by atoms with Gasteiger partial charge in [-0.2, -0.15) is 11.8 Å². The second-order valence-electron chi connectivity index (χ2n) is 4.06. The standard InChI is InChI=1S/C10H19NS/c1-2-8-7-10(8)11-9-3-5-12-6-4-9/h8-11H,2-7H2,1H3. The van der Waals surface area contributed by atoms with E-state index in [-0.39, 0.29) is 0 Å². The molecule has 2 heteroatoms. The highest BCUT2D eigenvalue weighted by molar-refractivity contribution is 7.99. The minimum atomic E-state index is 0.854. The summed E-state index contributed by atoms with van der Waals surface area (Å²) in [5, 5.41) is 3.78. The van der Waals surface area contributed by atoms with Crippen molar-refractivity contribution in [2.45, 2.75) is 44.7 Å². The average Bonchev–Trinajstić information content (AvgIpc) is 2.85. The van der Waals surface area contributed by atoms with Crippen molar-refractivity contribution in [2.75, 3.05) is 11.5 Å². The molecule has 1 saturated heterocycles. The summed E-state index contributed by atoms with van der Waals surface area (Å²) in [6, 6.07) is 1.75. The maximum Gasteiger partial charge on any atom is 0.0102 e. The van der Waals surface area contributed by atoms with Crippen LogP contribution in [0.1, 0.15) is 32.6 Å². The topological polar surface area (TPSA) is 12.0 Å². The molecule has 12 heavy (non-hydrogen) atoms. The maximum atomic E-state index is 3.78. The van der Waals surface area contributed by atoms with Gasteiger partial charge in [0, 0.05) is 12.1 Å². The number of hydrogen-bond acceptors (Lipinski definition) is 2. The molecule has 70 valence electrons. The Bertz CT molecular complexity index is 143. The van der Waals surface area contributed by atoms with E-state index < -0.39 is 0 Å². The third kappa shape index (κ3) is 2.17. The Kier molecular flexibility index (Phi) is 2.97. The Hall–Kier alpha value is 0.310. The van der Waals surface area contributed by atoms with Gasteiger partial charge in [-0.25, -0.2) is 0 Å². The fourth-order valence-electron chi connectivity index (χ4n) is 2.07. The molecular formula is C10H19NS. The van der Waals surface area contributed by atoms with Crippen LogP contribution in [0.25, 0.3) is 0 Å². The van der Waals surface area contributed by atoms with E-state index in [2.05, 4.69) is 24.0 Å². The fraction of sp³-hybridized carbons (Fsp3) is 1.00. The molecule has 1 aliphatic heterocycles. The highest BCUT2D eigenvalue weighted by Gasteiger charge is 2.36. The summed E-state index contributed by atoms with van der Waals surface area (Å²) >= 11 is 2.11. The molecule has 2 aliphatic rings. The molecule has 1 aliphatic carbocycles. The van der Waals surface area contributed by atoms with Gasteiger partial charge in [0.25, 0.3) is 0 Å². The second-order valence-corrected chi connectivity index (χ2v) is 5.29. The number of hydrogen-bond donors (Lipinski definition) is 1. The van der Waals surface area contributed by atoms with Crippen molar-refractivity contribution in [1.82, 2.24) is 5.32 Å². The summed E-state index contributed by atoms with van der Waals surface area (Å²) in [6.07, 6.45) is 5.62. The first kappa shape index (κ1) is 8.89. The molecule has 1 nitrogen and oxygen atoms in total. The normalized spacial score (nSPS) is 36.8. The summed E-state index contributed by atoms with van der Waals surface area (Å²) < 4.78 is 0. The summed E-state index contributed by atoms with van der Waals surface area (Å²) in [5.41, 5.74) is 0. The molecule has 0 aromatic heterocycles. The highest BCUT2D eigenvalue weighted by atomic mass is 32.2. The van der Waals surface area contributed by atoms with E-state index >= 15 is 0 Å². The molecular weight excluding hydrogens is 166 g/mol. The third-order valence-corrected chi connectivity index (χ3v) is 4.17. The van der Waals surface area contributed by atoms with Crippen LogP contribution in [0.3, 0.4) is 0 Å². The molecule has 2 fully saturated rings. The first-order valence-corrected chi connectivity index (χ1v) is 6.39. The van der Waals surface area contributed by atoms with Crippen molar-refractivity contribution in [3.8, 4) is 0 Å². The van der Waals surface area contributed by atoms with Crippen molar-refractivity contribution in [3.63, 3.8) is 0 Å².